The number of hydrogen-bond acceptors (Lipinski definition) is 7. The highest BCUT2D eigenvalue weighted by Gasteiger charge is 2.19. The molecule has 0 radical (unpaired) electrons. The summed E-state index contributed by atoms with van der Waals surface area (Å²) in [5.74, 6) is -0.0776. The van der Waals surface area contributed by atoms with E-state index >= 15 is 0 Å². The van der Waals surface area contributed by atoms with Crippen LogP contribution in [0.25, 0.3) is 11.2 Å². The number of anilines is 1. The number of carbonyl (C=O) groups is 1. The molecule has 3 aromatic heterocycles. The number of nitrogens with zero attached hydrogens (tertiary/aromatic N) is 5. The molecule has 1 N–H and O–H groups in total. The second kappa shape index (κ2) is 7.69. The van der Waals surface area contributed by atoms with Crippen LogP contribution in [0.4, 0.5) is 5.13 Å². The fourth-order valence-corrected chi connectivity index (χ4v) is 4.19. The zero-order valence-electron chi connectivity index (χ0n) is 15.5. The summed E-state index contributed by atoms with van der Waals surface area (Å²) in [6, 6.07) is 0. The first-order chi connectivity index (χ1) is 12.8. The Labute approximate surface area is 163 Å². The molecule has 3 rings (SSSR count). The van der Waals surface area contributed by atoms with Crippen molar-refractivity contribution in [3.63, 3.8) is 0 Å². The van der Waals surface area contributed by atoms with Gasteiger partial charge in [0.1, 0.15) is 0 Å². The van der Waals surface area contributed by atoms with E-state index < -0.39 is 5.69 Å². The predicted molar refractivity (Wildman–Crippen MR) is 107 cm³/mol. The summed E-state index contributed by atoms with van der Waals surface area (Å²) >= 11 is 2.60. The molecule has 9 nitrogen and oxygen atoms in total. The summed E-state index contributed by atoms with van der Waals surface area (Å²) in [5.41, 5.74) is 0.741. The van der Waals surface area contributed by atoms with Gasteiger partial charge in [0.15, 0.2) is 21.5 Å². The van der Waals surface area contributed by atoms with Crippen LogP contribution in [0.1, 0.15) is 19.0 Å². The van der Waals surface area contributed by atoms with Crippen LogP contribution in [-0.2, 0) is 25.4 Å². The van der Waals surface area contributed by atoms with Crippen molar-refractivity contribution >= 4 is 45.3 Å². The predicted octanol–water partition coefficient (Wildman–Crippen LogP) is 1.34. The highest BCUT2D eigenvalue weighted by atomic mass is 32.2. The molecule has 11 heteroatoms. The van der Waals surface area contributed by atoms with Gasteiger partial charge in [0.2, 0.25) is 5.91 Å². The first-order valence-electron chi connectivity index (χ1n) is 8.34. The number of thiazole rings is 1. The molecule has 0 aliphatic carbocycles. The Kier molecular flexibility index (Phi) is 5.51. The number of nitrogens with one attached hydrogen (secondary N) is 1. The number of amides is 1. The van der Waals surface area contributed by atoms with Gasteiger partial charge in [0, 0.05) is 26.0 Å². The lowest BCUT2D eigenvalue weighted by Crippen LogP contribution is -2.37. The zero-order valence-corrected chi connectivity index (χ0v) is 17.1. The lowest BCUT2D eigenvalue weighted by atomic mass is 10.4. The highest BCUT2D eigenvalue weighted by molar-refractivity contribution is 7.99. The molecule has 0 aliphatic heterocycles. The summed E-state index contributed by atoms with van der Waals surface area (Å²) in [7, 11) is 3.03. The van der Waals surface area contributed by atoms with E-state index in [1.54, 1.807) is 11.6 Å². The SMILES string of the molecule is CCCn1c(SCC(=O)Nc2nc(C)cs2)nc2c1c(=O)n(C)c(=O)n2C. The molecule has 0 saturated heterocycles. The normalized spacial score (nSPS) is 11.3. The van der Waals surface area contributed by atoms with Gasteiger partial charge in [-0.05, 0) is 13.3 Å². The van der Waals surface area contributed by atoms with Gasteiger partial charge in [0.05, 0.1) is 11.4 Å². The van der Waals surface area contributed by atoms with Crippen molar-refractivity contribution in [2.45, 2.75) is 32.0 Å². The molecule has 0 unspecified atom stereocenters. The van der Waals surface area contributed by atoms with Crippen LogP contribution < -0.4 is 16.6 Å². The van der Waals surface area contributed by atoms with Gasteiger partial charge in [-0.1, -0.05) is 18.7 Å². The van der Waals surface area contributed by atoms with Crippen molar-refractivity contribution in [1.82, 2.24) is 23.7 Å². The lowest BCUT2D eigenvalue weighted by molar-refractivity contribution is -0.113. The van der Waals surface area contributed by atoms with Crippen molar-refractivity contribution < 1.29 is 4.79 Å². The van der Waals surface area contributed by atoms with Crippen LogP contribution in [0.15, 0.2) is 20.1 Å². The van der Waals surface area contributed by atoms with E-state index in [4.69, 9.17) is 0 Å². The minimum Gasteiger partial charge on any atom is -0.313 e. The summed E-state index contributed by atoms with van der Waals surface area (Å²) < 4.78 is 4.20. The molecule has 0 aromatic carbocycles. The first kappa shape index (κ1) is 19.4. The molecule has 0 atom stereocenters. The molecular formula is C16H20N6O3S2. The Morgan fingerprint density at radius 2 is 2.00 bits per heavy atom. The molecule has 0 bridgehead atoms. The van der Waals surface area contributed by atoms with Crippen molar-refractivity contribution in [2.24, 2.45) is 14.1 Å². The quantitative estimate of drug-likeness (QED) is 0.617. The zero-order chi connectivity index (χ0) is 19.7. The fourth-order valence-electron chi connectivity index (χ4n) is 2.66. The Morgan fingerprint density at radius 1 is 1.26 bits per heavy atom. The number of fused-ring (bicyclic) bond motifs is 1. The molecule has 0 aliphatic rings. The molecule has 0 saturated carbocycles. The average Bonchev–Trinajstić information content (AvgIpc) is 3.20. The minimum atomic E-state index is -0.429. The highest BCUT2D eigenvalue weighted by Crippen LogP contribution is 2.22. The smallest absolute Gasteiger partial charge is 0.313 e. The number of carbonyl (C=O) groups excluding carboxylic acids is 1. The van der Waals surface area contributed by atoms with Gasteiger partial charge in [0.25, 0.3) is 5.56 Å². The molecule has 0 fully saturated rings. The summed E-state index contributed by atoms with van der Waals surface area (Å²) in [6.45, 7) is 4.42. The van der Waals surface area contributed by atoms with Crippen LogP contribution >= 0.6 is 23.1 Å². The Bertz CT molecular complexity index is 1120. The largest absolute Gasteiger partial charge is 0.332 e. The third-order valence-electron chi connectivity index (χ3n) is 3.96. The fraction of sp³-hybridized carbons (Fsp3) is 0.438. The van der Waals surface area contributed by atoms with Crippen LogP contribution in [0.5, 0.6) is 0 Å². The maximum Gasteiger partial charge on any atom is 0.332 e. The number of imidazole rings is 1. The first-order valence-corrected chi connectivity index (χ1v) is 10.2. The van der Waals surface area contributed by atoms with E-state index in [1.807, 2.05) is 19.2 Å². The van der Waals surface area contributed by atoms with E-state index in [0.717, 1.165) is 16.7 Å². The molecule has 1 amide bonds. The van der Waals surface area contributed by atoms with E-state index in [9.17, 15) is 14.4 Å². The van der Waals surface area contributed by atoms with Crippen LogP contribution in [0.2, 0.25) is 0 Å². The number of aryl methyl sites for hydroxylation is 3. The topological polar surface area (TPSA) is 104 Å². The van der Waals surface area contributed by atoms with Crippen molar-refractivity contribution in [1.29, 1.82) is 0 Å². The van der Waals surface area contributed by atoms with E-state index in [2.05, 4.69) is 15.3 Å². The van der Waals surface area contributed by atoms with Gasteiger partial charge in [-0.25, -0.2) is 14.8 Å². The number of rotatable bonds is 6. The standard InChI is InChI=1S/C16H20N6O3S2/c1-5-6-22-11-12(20(3)16(25)21(4)13(11)24)19-15(22)27-8-10(23)18-14-17-9(2)7-26-14/h7H,5-6,8H2,1-4H3,(H,17,18,23). The van der Waals surface area contributed by atoms with Gasteiger partial charge in [-0.3, -0.25) is 18.7 Å². The van der Waals surface area contributed by atoms with Crippen molar-refractivity contribution in [2.75, 3.05) is 11.1 Å². The van der Waals surface area contributed by atoms with Crippen LogP contribution in [0, 0.1) is 6.92 Å². The number of aromatic nitrogens is 5. The third-order valence-corrected chi connectivity index (χ3v) is 5.81. The molecule has 3 aromatic rings. The van der Waals surface area contributed by atoms with Gasteiger partial charge in [-0.2, -0.15) is 0 Å². The summed E-state index contributed by atoms with van der Waals surface area (Å²) in [6.07, 6.45) is 0.787. The maximum atomic E-state index is 12.6. The minimum absolute atomic E-state index is 0.125. The van der Waals surface area contributed by atoms with E-state index in [1.165, 1.54) is 34.7 Å². The third kappa shape index (κ3) is 3.69. The van der Waals surface area contributed by atoms with E-state index in [-0.39, 0.29) is 17.2 Å². The van der Waals surface area contributed by atoms with Gasteiger partial charge < -0.3 is 9.88 Å². The van der Waals surface area contributed by atoms with Gasteiger partial charge in [-0.15, -0.1) is 11.3 Å². The van der Waals surface area contributed by atoms with E-state index in [0.29, 0.717) is 28.0 Å². The summed E-state index contributed by atoms with van der Waals surface area (Å²) in [5, 5.41) is 5.70. The molecule has 144 valence electrons. The second-order valence-electron chi connectivity index (χ2n) is 6.05. The summed E-state index contributed by atoms with van der Waals surface area (Å²) in [4.78, 5) is 45.6. The Hall–Kier alpha value is -2.40. The molecule has 3 heterocycles. The molecule has 0 spiro atoms. The van der Waals surface area contributed by atoms with Crippen molar-refractivity contribution in [3.8, 4) is 0 Å². The number of thioether (sulfide) groups is 1. The molecular weight excluding hydrogens is 388 g/mol. The van der Waals surface area contributed by atoms with Gasteiger partial charge >= 0.3 is 5.69 Å². The van der Waals surface area contributed by atoms with Crippen molar-refractivity contribution in [3.05, 3.63) is 31.9 Å². The van der Waals surface area contributed by atoms with Crippen LogP contribution in [0.3, 0.4) is 0 Å². The monoisotopic (exact) mass is 408 g/mol. The maximum absolute atomic E-state index is 12.6. The Morgan fingerprint density at radius 3 is 2.63 bits per heavy atom. The number of hydrogen-bond donors (Lipinski definition) is 1. The molecule has 27 heavy (non-hydrogen) atoms. The lowest BCUT2D eigenvalue weighted by Gasteiger charge is -2.07. The Balaban J connectivity index is 1.92. The van der Waals surface area contributed by atoms with Crippen LogP contribution in [-0.4, -0.2) is 35.3 Å². The second-order valence-corrected chi connectivity index (χ2v) is 7.86. The average molecular weight is 409 g/mol.